The van der Waals surface area contributed by atoms with Crippen molar-refractivity contribution in [3.63, 3.8) is 0 Å². The van der Waals surface area contributed by atoms with Crippen LogP contribution in [0.4, 0.5) is 23.7 Å². The lowest BCUT2D eigenvalue weighted by molar-refractivity contribution is -0.0493. The lowest BCUT2D eigenvalue weighted by atomic mass is 10.2. The SMILES string of the molecule is O=C(Nc1ccccc1OC(F)F)N1CCCN(C(=O)c2ccc(F)cc2)CC1. The van der Waals surface area contributed by atoms with Crippen LogP contribution in [0.15, 0.2) is 48.5 Å². The third-order valence-electron chi connectivity index (χ3n) is 4.51. The molecule has 0 spiro atoms. The molecular weight excluding hydrogens is 387 g/mol. The van der Waals surface area contributed by atoms with E-state index in [1.807, 2.05) is 0 Å². The smallest absolute Gasteiger partial charge is 0.387 e. The van der Waals surface area contributed by atoms with E-state index in [1.54, 1.807) is 11.0 Å². The molecule has 0 bridgehead atoms. The van der Waals surface area contributed by atoms with E-state index in [9.17, 15) is 22.8 Å². The minimum atomic E-state index is -3.00. The van der Waals surface area contributed by atoms with Gasteiger partial charge in [0, 0.05) is 31.7 Å². The fraction of sp³-hybridized carbons (Fsp3) is 0.300. The van der Waals surface area contributed by atoms with Gasteiger partial charge in [0.2, 0.25) is 0 Å². The average molecular weight is 407 g/mol. The summed E-state index contributed by atoms with van der Waals surface area (Å²) < 4.78 is 42.5. The molecule has 3 amide bonds. The third-order valence-corrected chi connectivity index (χ3v) is 4.51. The van der Waals surface area contributed by atoms with E-state index in [1.165, 1.54) is 47.4 Å². The van der Waals surface area contributed by atoms with E-state index in [2.05, 4.69) is 10.1 Å². The largest absolute Gasteiger partial charge is 0.433 e. The van der Waals surface area contributed by atoms with Crippen LogP contribution in [0.2, 0.25) is 0 Å². The van der Waals surface area contributed by atoms with Gasteiger partial charge in [-0.15, -0.1) is 0 Å². The second-order valence-corrected chi connectivity index (χ2v) is 6.44. The Morgan fingerprint density at radius 3 is 2.31 bits per heavy atom. The van der Waals surface area contributed by atoms with Crippen molar-refractivity contribution < 1.29 is 27.5 Å². The molecule has 1 aliphatic rings. The van der Waals surface area contributed by atoms with E-state index < -0.39 is 18.5 Å². The van der Waals surface area contributed by atoms with Crippen LogP contribution in [0.3, 0.4) is 0 Å². The number of para-hydroxylation sites is 2. The van der Waals surface area contributed by atoms with Crippen LogP contribution in [0, 0.1) is 5.82 Å². The van der Waals surface area contributed by atoms with Gasteiger partial charge >= 0.3 is 12.6 Å². The van der Waals surface area contributed by atoms with Crippen LogP contribution >= 0.6 is 0 Å². The number of nitrogens with zero attached hydrogens (tertiary/aromatic N) is 2. The first-order chi connectivity index (χ1) is 13.9. The molecule has 0 atom stereocenters. The Morgan fingerprint density at radius 1 is 0.931 bits per heavy atom. The number of hydrogen-bond acceptors (Lipinski definition) is 3. The predicted octanol–water partition coefficient (Wildman–Crippen LogP) is 3.81. The topological polar surface area (TPSA) is 61.9 Å². The second-order valence-electron chi connectivity index (χ2n) is 6.44. The summed E-state index contributed by atoms with van der Waals surface area (Å²) in [6, 6.07) is 10.8. The van der Waals surface area contributed by atoms with Gasteiger partial charge in [-0.05, 0) is 42.8 Å². The predicted molar refractivity (Wildman–Crippen MR) is 101 cm³/mol. The Labute approximate surface area is 165 Å². The number of carbonyl (C=O) groups is 2. The Morgan fingerprint density at radius 2 is 1.59 bits per heavy atom. The monoisotopic (exact) mass is 407 g/mol. The van der Waals surface area contributed by atoms with Crippen molar-refractivity contribution >= 4 is 17.6 Å². The fourth-order valence-electron chi connectivity index (χ4n) is 3.06. The van der Waals surface area contributed by atoms with E-state index in [0.29, 0.717) is 31.6 Å². The maximum atomic E-state index is 13.0. The van der Waals surface area contributed by atoms with Crippen LogP contribution in [-0.4, -0.2) is 54.5 Å². The van der Waals surface area contributed by atoms with E-state index in [4.69, 9.17) is 0 Å². The highest BCUT2D eigenvalue weighted by atomic mass is 19.3. The van der Waals surface area contributed by atoms with Crippen molar-refractivity contribution in [3.05, 3.63) is 59.9 Å². The summed E-state index contributed by atoms with van der Waals surface area (Å²) in [4.78, 5) is 28.3. The summed E-state index contributed by atoms with van der Waals surface area (Å²) in [5.41, 5.74) is 0.517. The summed E-state index contributed by atoms with van der Waals surface area (Å²) in [6.07, 6.45) is 0.551. The first-order valence-corrected chi connectivity index (χ1v) is 9.08. The van der Waals surface area contributed by atoms with Crippen molar-refractivity contribution in [1.82, 2.24) is 9.80 Å². The van der Waals surface area contributed by atoms with Crippen molar-refractivity contribution in [3.8, 4) is 5.75 Å². The standard InChI is InChI=1S/C20H20F3N3O3/c21-15-8-6-14(7-9-15)18(27)25-10-3-11-26(13-12-25)20(28)24-16-4-1-2-5-17(16)29-19(22)23/h1-2,4-9,19H,3,10-13H2,(H,24,28). The number of carbonyl (C=O) groups excluding carboxylic acids is 2. The van der Waals surface area contributed by atoms with E-state index >= 15 is 0 Å². The molecule has 3 rings (SSSR count). The molecule has 2 aromatic carbocycles. The van der Waals surface area contributed by atoms with E-state index in [0.717, 1.165) is 0 Å². The molecule has 0 saturated carbocycles. The molecule has 1 fully saturated rings. The van der Waals surface area contributed by atoms with Crippen LogP contribution in [-0.2, 0) is 0 Å². The maximum Gasteiger partial charge on any atom is 0.387 e. The van der Waals surface area contributed by atoms with Gasteiger partial charge in [-0.25, -0.2) is 9.18 Å². The number of alkyl halides is 2. The quantitative estimate of drug-likeness (QED) is 0.839. The molecule has 6 nitrogen and oxygen atoms in total. The van der Waals surface area contributed by atoms with Crippen LogP contribution in [0.5, 0.6) is 5.75 Å². The van der Waals surface area contributed by atoms with Crippen molar-refractivity contribution in [2.45, 2.75) is 13.0 Å². The van der Waals surface area contributed by atoms with Crippen LogP contribution < -0.4 is 10.1 Å². The number of rotatable bonds is 4. The lowest BCUT2D eigenvalue weighted by Crippen LogP contribution is -2.39. The number of halogens is 3. The summed E-state index contributed by atoms with van der Waals surface area (Å²) in [7, 11) is 0. The highest BCUT2D eigenvalue weighted by molar-refractivity contribution is 5.94. The number of nitrogens with one attached hydrogen (secondary N) is 1. The molecule has 0 aromatic heterocycles. The lowest BCUT2D eigenvalue weighted by Gasteiger charge is -2.23. The number of anilines is 1. The number of urea groups is 1. The third kappa shape index (κ3) is 5.40. The van der Waals surface area contributed by atoms with Crippen molar-refractivity contribution in [2.24, 2.45) is 0 Å². The molecule has 9 heteroatoms. The zero-order chi connectivity index (χ0) is 20.8. The van der Waals surface area contributed by atoms with Gasteiger partial charge in [0.1, 0.15) is 11.6 Å². The molecule has 29 heavy (non-hydrogen) atoms. The summed E-state index contributed by atoms with van der Waals surface area (Å²) in [5, 5.41) is 2.58. The van der Waals surface area contributed by atoms with Gasteiger partial charge in [-0.1, -0.05) is 12.1 Å². The summed E-state index contributed by atoms with van der Waals surface area (Å²) in [5.74, 6) is -0.780. The van der Waals surface area contributed by atoms with Crippen LogP contribution in [0.1, 0.15) is 16.8 Å². The minimum absolute atomic E-state index is 0.126. The summed E-state index contributed by atoms with van der Waals surface area (Å²) in [6.45, 7) is -1.57. The van der Waals surface area contributed by atoms with Gasteiger partial charge < -0.3 is 19.9 Å². The number of hydrogen-bond donors (Lipinski definition) is 1. The minimum Gasteiger partial charge on any atom is -0.433 e. The Balaban J connectivity index is 1.61. The Kier molecular flexibility index (Phi) is 6.58. The van der Waals surface area contributed by atoms with Gasteiger partial charge in [-0.3, -0.25) is 4.79 Å². The van der Waals surface area contributed by atoms with Crippen LogP contribution in [0.25, 0.3) is 0 Å². The molecule has 1 saturated heterocycles. The van der Waals surface area contributed by atoms with Crippen molar-refractivity contribution in [2.75, 3.05) is 31.5 Å². The normalized spacial score (nSPS) is 14.5. The van der Waals surface area contributed by atoms with Gasteiger partial charge in [-0.2, -0.15) is 8.78 Å². The van der Waals surface area contributed by atoms with Gasteiger partial charge in [0.15, 0.2) is 0 Å². The molecule has 154 valence electrons. The number of amides is 3. The Hall–Kier alpha value is -3.23. The molecule has 0 radical (unpaired) electrons. The van der Waals surface area contributed by atoms with Gasteiger partial charge in [0.25, 0.3) is 5.91 Å². The highest BCUT2D eigenvalue weighted by Crippen LogP contribution is 2.26. The zero-order valence-electron chi connectivity index (χ0n) is 15.5. The first kappa shape index (κ1) is 20.5. The molecule has 1 heterocycles. The summed E-state index contributed by atoms with van der Waals surface area (Å²) >= 11 is 0. The first-order valence-electron chi connectivity index (χ1n) is 9.08. The number of benzene rings is 2. The average Bonchev–Trinajstić information content (AvgIpc) is 2.95. The second kappa shape index (κ2) is 9.31. The maximum absolute atomic E-state index is 13.0. The molecule has 1 N–H and O–H groups in total. The zero-order valence-corrected chi connectivity index (χ0v) is 15.5. The highest BCUT2D eigenvalue weighted by Gasteiger charge is 2.23. The van der Waals surface area contributed by atoms with Gasteiger partial charge in [0.05, 0.1) is 5.69 Å². The molecule has 2 aromatic rings. The molecule has 1 aliphatic heterocycles. The van der Waals surface area contributed by atoms with E-state index in [-0.39, 0.29) is 23.9 Å². The van der Waals surface area contributed by atoms with Crippen molar-refractivity contribution in [1.29, 1.82) is 0 Å². The fourth-order valence-corrected chi connectivity index (χ4v) is 3.06. The molecular formula is C20H20F3N3O3. The number of ether oxygens (including phenoxy) is 1. The molecule has 0 unspecified atom stereocenters. The molecule has 0 aliphatic carbocycles. The Bertz CT molecular complexity index is 862.